The first-order valence-corrected chi connectivity index (χ1v) is 17.4. The number of piperazine rings is 1. The predicted octanol–water partition coefficient (Wildman–Crippen LogP) is 5.07. The van der Waals surface area contributed by atoms with E-state index in [2.05, 4.69) is 10.2 Å². The second-order valence-electron chi connectivity index (χ2n) is 13.5. The van der Waals surface area contributed by atoms with Gasteiger partial charge in [-0.2, -0.15) is 0 Å². The largest absolute Gasteiger partial charge is 0.342 e. The Morgan fingerprint density at radius 1 is 0.872 bits per heavy atom. The highest BCUT2D eigenvalue weighted by molar-refractivity contribution is 6.30. The molecule has 248 valence electrons. The number of hydrogen-bond donors (Lipinski definition) is 2. The molecule has 8 nitrogen and oxygen atoms in total. The van der Waals surface area contributed by atoms with Crippen LogP contribution in [0.3, 0.4) is 0 Å². The maximum Gasteiger partial charge on any atom is 0.245 e. The van der Waals surface area contributed by atoms with Crippen molar-refractivity contribution >= 4 is 35.0 Å². The van der Waals surface area contributed by atoms with Crippen molar-refractivity contribution in [2.45, 2.75) is 75.4 Å². The smallest absolute Gasteiger partial charge is 0.245 e. The fourth-order valence-corrected chi connectivity index (χ4v) is 8.04. The van der Waals surface area contributed by atoms with E-state index in [1.807, 2.05) is 76.5 Å². The zero-order valence-corrected chi connectivity index (χ0v) is 28.1. The van der Waals surface area contributed by atoms with Gasteiger partial charge in [0, 0.05) is 62.3 Å². The van der Waals surface area contributed by atoms with Crippen molar-refractivity contribution < 1.29 is 14.4 Å². The average Bonchev–Trinajstić information content (AvgIpc) is 3.46. The molecular weight excluding hydrogens is 610 g/mol. The van der Waals surface area contributed by atoms with Crippen LogP contribution in [0.2, 0.25) is 5.02 Å². The highest BCUT2D eigenvalue weighted by atomic mass is 35.5. The van der Waals surface area contributed by atoms with Crippen molar-refractivity contribution in [1.29, 1.82) is 0 Å². The number of carbonyl (C=O) groups excluding carboxylic acids is 3. The van der Waals surface area contributed by atoms with E-state index in [0.717, 1.165) is 54.5 Å². The highest BCUT2D eigenvalue weighted by Crippen LogP contribution is 2.37. The highest BCUT2D eigenvalue weighted by Gasteiger charge is 2.45. The topological polar surface area (TPSA) is 99.0 Å². The second-order valence-corrected chi connectivity index (χ2v) is 14.0. The lowest BCUT2D eigenvalue weighted by molar-refractivity contribution is -0.140. The van der Waals surface area contributed by atoms with Gasteiger partial charge in [0.05, 0.1) is 0 Å². The molecule has 0 spiro atoms. The molecule has 1 saturated carbocycles. The molecule has 9 heteroatoms. The Bertz CT molecular complexity index is 1570. The quantitative estimate of drug-likeness (QED) is 0.336. The van der Waals surface area contributed by atoms with E-state index in [0.29, 0.717) is 50.6 Å². The zero-order valence-electron chi connectivity index (χ0n) is 27.3. The minimum atomic E-state index is -1.18. The van der Waals surface area contributed by atoms with Gasteiger partial charge in [-0.3, -0.25) is 19.3 Å². The van der Waals surface area contributed by atoms with Crippen LogP contribution in [0.1, 0.15) is 62.1 Å². The van der Waals surface area contributed by atoms with Gasteiger partial charge in [-0.05, 0) is 66.6 Å². The Morgan fingerprint density at radius 2 is 1.53 bits per heavy atom. The van der Waals surface area contributed by atoms with E-state index in [1.54, 1.807) is 19.1 Å². The molecule has 3 amide bonds. The summed E-state index contributed by atoms with van der Waals surface area (Å²) in [5.74, 6) is -0.381. The van der Waals surface area contributed by atoms with Gasteiger partial charge in [0.15, 0.2) is 0 Å². The van der Waals surface area contributed by atoms with Crippen molar-refractivity contribution in [2.75, 3.05) is 37.6 Å². The number of nitrogens with zero attached hydrogens (tertiary/aromatic N) is 3. The van der Waals surface area contributed by atoms with Gasteiger partial charge >= 0.3 is 0 Å². The van der Waals surface area contributed by atoms with E-state index in [9.17, 15) is 14.4 Å². The monoisotopic (exact) mass is 655 g/mol. The maximum atomic E-state index is 14.3. The first-order chi connectivity index (χ1) is 22.7. The summed E-state index contributed by atoms with van der Waals surface area (Å²) in [4.78, 5) is 47.4. The minimum absolute atomic E-state index is 0.0401. The molecule has 2 aliphatic carbocycles. The van der Waals surface area contributed by atoms with Crippen LogP contribution in [-0.2, 0) is 32.8 Å². The number of fused-ring (bicyclic) bond motifs is 1. The number of nitrogens with two attached hydrogens (primary N) is 1. The molecule has 1 saturated heterocycles. The molecule has 3 aromatic carbocycles. The van der Waals surface area contributed by atoms with Gasteiger partial charge in [-0.25, -0.2) is 0 Å². The zero-order chi connectivity index (χ0) is 33.0. The van der Waals surface area contributed by atoms with Crippen LogP contribution in [0.15, 0.2) is 78.9 Å². The Kier molecular flexibility index (Phi) is 10.0. The van der Waals surface area contributed by atoms with Crippen molar-refractivity contribution in [3.63, 3.8) is 0 Å². The number of nitrogens with one attached hydrogen (secondary N) is 1. The van der Waals surface area contributed by atoms with E-state index >= 15 is 0 Å². The Hall–Kier alpha value is -3.72. The molecule has 0 bridgehead atoms. The molecular formula is C38H46ClN5O3. The van der Waals surface area contributed by atoms with E-state index < -0.39 is 11.6 Å². The fraction of sp³-hybridized carbons (Fsp3) is 0.447. The molecule has 3 N–H and O–H groups in total. The summed E-state index contributed by atoms with van der Waals surface area (Å²) in [6.07, 6.45) is 7.06. The first-order valence-electron chi connectivity index (χ1n) is 17.0. The minimum Gasteiger partial charge on any atom is -0.342 e. The lowest BCUT2D eigenvalue weighted by atomic mass is 9.79. The summed E-state index contributed by atoms with van der Waals surface area (Å²) >= 11 is 6.15. The van der Waals surface area contributed by atoms with E-state index in [1.165, 1.54) is 6.42 Å². The number of halogens is 1. The van der Waals surface area contributed by atoms with Crippen molar-refractivity contribution in [2.24, 2.45) is 5.73 Å². The predicted molar refractivity (Wildman–Crippen MR) is 186 cm³/mol. The Balaban J connectivity index is 1.19. The molecule has 2 fully saturated rings. The standard InChI is InChI=1S/C38H46ClN5O3/c1-28(45)44(32-11-4-2-5-12-32)27-37(19-8-3-9-20-37)43-24-22-42(23-25-43)35(46)34(26-29-14-16-31(39)17-15-29)41-36(47)38(40)21-18-30-10-6-7-13-33(30)38/h2,4-7,10-17,34H,3,8-9,18-27,40H2,1H3,(H,41,47). The molecule has 1 heterocycles. The summed E-state index contributed by atoms with van der Waals surface area (Å²) in [5, 5.41) is 3.71. The summed E-state index contributed by atoms with van der Waals surface area (Å²) in [7, 11) is 0. The Labute approximate surface area is 283 Å². The average molecular weight is 656 g/mol. The van der Waals surface area contributed by atoms with Crippen LogP contribution >= 0.6 is 11.6 Å². The van der Waals surface area contributed by atoms with Gasteiger partial charge in [-0.15, -0.1) is 0 Å². The number of para-hydroxylation sites is 1. The van der Waals surface area contributed by atoms with Crippen molar-refractivity contribution in [1.82, 2.24) is 15.1 Å². The lowest BCUT2D eigenvalue weighted by Crippen LogP contribution is -2.64. The summed E-state index contributed by atoms with van der Waals surface area (Å²) in [6.45, 7) is 4.80. The molecule has 2 atom stereocenters. The van der Waals surface area contributed by atoms with Gasteiger partial charge in [0.2, 0.25) is 17.7 Å². The molecule has 6 rings (SSSR count). The molecule has 47 heavy (non-hydrogen) atoms. The molecule has 3 aromatic rings. The molecule has 0 radical (unpaired) electrons. The normalized spacial score (nSPS) is 21.5. The van der Waals surface area contributed by atoms with Gasteiger partial charge in [-0.1, -0.05) is 85.5 Å². The molecule has 3 aliphatic rings. The number of benzene rings is 3. The number of amides is 3. The number of carbonyl (C=O) groups is 3. The van der Waals surface area contributed by atoms with Gasteiger partial charge in [0.25, 0.3) is 0 Å². The fourth-order valence-electron chi connectivity index (χ4n) is 7.91. The summed E-state index contributed by atoms with van der Waals surface area (Å²) in [6, 6.07) is 24.4. The molecule has 2 unspecified atom stereocenters. The van der Waals surface area contributed by atoms with Crippen LogP contribution in [0.25, 0.3) is 0 Å². The summed E-state index contributed by atoms with van der Waals surface area (Å²) < 4.78 is 0. The number of rotatable bonds is 9. The lowest BCUT2D eigenvalue weighted by Gasteiger charge is -2.51. The maximum absolute atomic E-state index is 14.3. The summed E-state index contributed by atoms with van der Waals surface area (Å²) in [5.41, 5.74) is 9.20. The number of aryl methyl sites for hydroxylation is 1. The van der Waals surface area contributed by atoms with E-state index in [-0.39, 0.29) is 23.3 Å². The van der Waals surface area contributed by atoms with E-state index in [4.69, 9.17) is 17.3 Å². The first kappa shape index (κ1) is 33.2. The molecule has 1 aliphatic heterocycles. The SMILES string of the molecule is CC(=O)N(CC1(N2CCN(C(=O)C(Cc3ccc(Cl)cc3)NC(=O)C3(N)CCc4ccccc43)CC2)CCCCC1)c1ccccc1. The second kappa shape index (κ2) is 14.2. The van der Waals surface area contributed by atoms with Crippen LogP contribution in [0.5, 0.6) is 0 Å². The third-order valence-corrected chi connectivity index (χ3v) is 10.8. The third-order valence-electron chi connectivity index (χ3n) is 10.6. The van der Waals surface area contributed by atoms with Crippen molar-refractivity contribution in [3.8, 4) is 0 Å². The Morgan fingerprint density at radius 3 is 2.21 bits per heavy atom. The van der Waals surface area contributed by atoms with Crippen LogP contribution in [-0.4, -0.2) is 71.8 Å². The van der Waals surface area contributed by atoms with Gasteiger partial charge < -0.3 is 20.9 Å². The number of hydrogen-bond acceptors (Lipinski definition) is 5. The van der Waals surface area contributed by atoms with Crippen LogP contribution in [0, 0.1) is 0 Å². The van der Waals surface area contributed by atoms with Crippen molar-refractivity contribution in [3.05, 3.63) is 101 Å². The third kappa shape index (κ3) is 7.10. The van der Waals surface area contributed by atoms with Crippen LogP contribution in [0.4, 0.5) is 5.69 Å². The van der Waals surface area contributed by atoms with Gasteiger partial charge in [0.1, 0.15) is 11.6 Å². The number of anilines is 1. The van der Waals surface area contributed by atoms with Crippen LogP contribution < -0.4 is 16.0 Å². The molecule has 0 aromatic heterocycles.